The highest BCUT2D eigenvalue weighted by molar-refractivity contribution is 7.89. The number of rotatable bonds is 5. The van der Waals surface area contributed by atoms with E-state index in [9.17, 15) is 13.2 Å². The highest BCUT2D eigenvalue weighted by atomic mass is 32.2. The third-order valence-corrected chi connectivity index (χ3v) is 8.17. The van der Waals surface area contributed by atoms with Crippen LogP contribution >= 0.6 is 11.3 Å². The number of aromatic nitrogens is 1. The smallest absolute Gasteiger partial charge is 0.258 e. The fourth-order valence-electron chi connectivity index (χ4n) is 3.80. The summed E-state index contributed by atoms with van der Waals surface area (Å²) in [4.78, 5) is 19.5. The molecule has 29 heavy (non-hydrogen) atoms. The molecule has 1 aromatic heterocycles. The topological polar surface area (TPSA) is 70.6 Å². The summed E-state index contributed by atoms with van der Waals surface area (Å²) in [6, 6.07) is 10.7. The van der Waals surface area contributed by atoms with Gasteiger partial charge in [0.05, 0.1) is 20.6 Å². The molecular weight excluding hydrogens is 406 g/mol. The van der Waals surface area contributed by atoms with Crippen molar-refractivity contribution < 1.29 is 13.2 Å². The Hall–Kier alpha value is -2.29. The zero-order valence-corrected chi connectivity index (χ0v) is 18.1. The normalized spacial score (nSPS) is 14.4. The number of benzene rings is 2. The first-order chi connectivity index (χ1) is 14.0. The van der Waals surface area contributed by atoms with Gasteiger partial charge in [-0.1, -0.05) is 13.8 Å². The maximum absolute atomic E-state index is 13.2. The van der Waals surface area contributed by atoms with Crippen LogP contribution < -0.4 is 4.90 Å². The Balaban J connectivity index is 1.69. The molecule has 8 heteroatoms. The zero-order chi connectivity index (χ0) is 20.6. The van der Waals surface area contributed by atoms with Crippen LogP contribution in [-0.4, -0.2) is 43.2 Å². The Morgan fingerprint density at radius 3 is 2.72 bits per heavy atom. The van der Waals surface area contributed by atoms with Crippen LogP contribution in [0.4, 0.5) is 5.69 Å². The monoisotopic (exact) mass is 429 g/mol. The van der Waals surface area contributed by atoms with Crippen LogP contribution in [0, 0.1) is 0 Å². The van der Waals surface area contributed by atoms with Gasteiger partial charge in [-0.3, -0.25) is 4.79 Å². The van der Waals surface area contributed by atoms with E-state index in [0.29, 0.717) is 30.1 Å². The molecule has 0 atom stereocenters. The van der Waals surface area contributed by atoms with Gasteiger partial charge in [-0.05, 0) is 54.8 Å². The molecule has 4 rings (SSSR count). The lowest BCUT2D eigenvalue weighted by Gasteiger charge is -2.30. The highest BCUT2D eigenvalue weighted by Gasteiger charge is 2.27. The zero-order valence-electron chi connectivity index (χ0n) is 16.5. The molecule has 0 saturated heterocycles. The number of nitrogens with zero attached hydrogens (tertiary/aromatic N) is 3. The Bertz CT molecular complexity index is 1170. The maximum atomic E-state index is 13.2. The molecule has 1 aliphatic rings. The van der Waals surface area contributed by atoms with E-state index in [1.54, 1.807) is 34.7 Å². The van der Waals surface area contributed by atoms with Crippen molar-refractivity contribution >= 4 is 43.2 Å². The fraction of sp³-hybridized carbons (Fsp3) is 0.333. The molecular formula is C21H23N3O3S2. The SMILES string of the molecule is CCN(CC)S(=O)(=O)c1ccc2c(c1)CCCN2C(=O)c1ccc2ncsc2c1. The third kappa shape index (κ3) is 3.56. The predicted octanol–water partition coefficient (Wildman–Crippen LogP) is 3.92. The number of hydrogen-bond acceptors (Lipinski definition) is 5. The standard InChI is InChI=1S/C21H23N3O3S2/c1-3-23(4-2)29(26,27)17-8-10-19-15(12-17)6-5-11-24(19)21(25)16-7-9-18-20(13-16)28-14-22-18/h7-10,12-14H,3-6,11H2,1-2H3. The Labute approximate surface area is 174 Å². The van der Waals surface area contributed by atoms with E-state index >= 15 is 0 Å². The second-order valence-corrected chi connectivity index (χ2v) is 9.80. The van der Waals surface area contributed by atoms with E-state index in [4.69, 9.17) is 0 Å². The summed E-state index contributed by atoms with van der Waals surface area (Å²) < 4.78 is 28.1. The number of thiazole rings is 1. The maximum Gasteiger partial charge on any atom is 0.258 e. The van der Waals surface area contributed by atoms with Crippen molar-refractivity contribution in [1.82, 2.24) is 9.29 Å². The molecule has 0 aliphatic carbocycles. The second-order valence-electron chi connectivity index (χ2n) is 6.98. The number of fused-ring (bicyclic) bond motifs is 2. The van der Waals surface area contributed by atoms with Gasteiger partial charge in [0, 0.05) is 30.9 Å². The van der Waals surface area contributed by atoms with Crippen molar-refractivity contribution in [2.24, 2.45) is 0 Å². The molecule has 0 saturated carbocycles. The number of anilines is 1. The molecule has 1 amide bonds. The van der Waals surface area contributed by atoms with Crippen molar-refractivity contribution in [3.8, 4) is 0 Å². The lowest BCUT2D eigenvalue weighted by atomic mass is 10.0. The number of carbonyl (C=O) groups is 1. The molecule has 0 spiro atoms. The Morgan fingerprint density at radius 2 is 1.97 bits per heavy atom. The van der Waals surface area contributed by atoms with Gasteiger partial charge >= 0.3 is 0 Å². The van der Waals surface area contributed by atoms with Gasteiger partial charge in [0.25, 0.3) is 5.91 Å². The molecule has 1 aliphatic heterocycles. The average Bonchev–Trinajstić information content (AvgIpc) is 3.21. The van der Waals surface area contributed by atoms with Crippen molar-refractivity contribution in [3.05, 3.63) is 53.0 Å². The number of sulfonamides is 1. The van der Waals surface area contributed by atoms with E-state index in [1.165, 1.54) is 15.6 Å². The molecule has 6 nitrogen and oxygen atoms in total. The summed E-state index contributed by atoms with van der Waals surface area (Å²) in [5.74, 6) is -0.0689. The van der Waals surface area contributed by atoms with Crippen molar-refractivity contribution in [1.29, 1.82) is 0 Å². The first-order valence-corrected chi connectivity index (χ1v) is 12.1. The minimum absolute atomic E-state index is 0.0689. The minimum Gasteiger partial charge on any atom is -0.308 e. The average molecular weight is 430 g/mol. The predicted molar refractivity (Wildman–Crippen MR) is 116 cm³/mol. The van der Waals surface area contributed by atoms with E-state index in [2.05, 4.69) is 4.98 Å². The Morgan fingerprint density at radius 1 is 1.17 bits per heavy atom. The van der Waals surface area contributed by atoms with Crippen molar-refractivity contribution in [2.75, 3.05) is 24.5 Å². The van der Waals surface area contributed by atoms with Crippen LogP contribution in [0.15, 0.2) is 46.8 Å². The molecule has 2 aromatic carbocycles. The van der Waals surface area contributed by atoms with Gasteiger partial charge in [-0.2, -0.15) is 4.31 Å². The van der Waals surface area contributed by atoms with Gasteiger partial charge < -0.3 is 4.90 Å². The summed E-state index contributed by atoms with van der Waals surface area (Å²) in [5.41, 5.74) is 4.97. The molecule has 0 fully saturated rings. The quantitative estimate of drug-likeness (QED) is 0.616. The second kappa shape index (κ2) is 7.85. The van der Waals surface area contributed by atoms with Gasteiger partial charge in [-0.25, -0.2) is 13.4 Å². The molecule has 0 radical (unpaired) electrons. The van der Waals surface area contributed by atoms with E-state index in [-0.39, 0.29) is 5.91 Å². The Kier molecular flexibility index (Phi) is 5.42. The largest absolute Gasteiger partial charge is 0.308 e. The van der Waals surface area contributed by atoms with E-state index in [0.717, 1.165) is 34.3 Å². The number of aryl methyl sites for hydroxylation is 1. The number of carbonyl (C=O) groups excluding carboxylic acids is 1. The van der Waals surface area contributed by atoms with Crippen molar-refractivity contribution in [2.45, 2.75) is 31.6 Å². The molecule has 0 bridgehead atoms. The van der Waals surface area contributed by atoms with Gasteiger partial charge in [0.1, 0.15) is 0 Å². The van der Waals surface area contributed by atoms with Crippen molar-refractivity contribution in [3.63, 3.8) is 0 Å². The lowest BCUT2D eigenvalue weighted by Crippen LogP contribution is -2.36. The first-order valence-electron chi connectivity index (χ1n) is 9.74. The van der Waals surface area contributed by atoms with Gasteiger partial charge in [0.15, 0.2) is 0 Å². The molecule has 0 N–H and O–H groups in total. The summed E-state index contributed by atoms with van der Waals surface area (Å²) in [6.07, 6.45) is 1.56. The third-order valence-electron chi connectivity index (χ3n) is 5.34. The van der Waals surface area contributed by atoms with E-state index < -0.39 is 10.0 Å². The first kappa shape index (κ1) is 20.0. The van der Waals surface area contributed by atoms with Gasteiger partial charge in [0.2, 0.25) is 10.0 Å². The summed E-state index contributed by atoms with van der Waals surface area (Å²) in [6.45, 7) is 5.15. The molecule has 2 heterocycles. The van der Waals surface area contributed by atoms with Crippen LogP contribution in [0.2, 0.25) is 0 Å². The summed E-state index contributed by atoms with van der Waals surface area (Å²) in [5, 5.41) is 0. The van der Waals surface area contributed by atoms with E-state index in [1.807, 2.05) is 26.0 Å². The fourth-order valence-corrected chi connectivity index (χ4v) is 6.03. The number of amides is 1. The number of hydrogen-bond donors (Lipinski definition) is 0. The van der Waals surface area contributed by atoms with Crippen LogP contribution in [0.5, 0.6) is 0 Å². The van der Waals surface area contributed by atoms with Crippen LogP contribution in [0.25, 0.3) is 10.2 Å². The van der Waals surface area contributed by atoms with Crippen LogP contribution in [0.1, 0.15) is 36.2 Å². The lowest BCUT2D eigenvalue weighted by molar-refractivity contribution is 0.0985. The molecule has 0 unspecified atom stereocenters. The summed E-state index contributed by atoms with van der Waals surface area (Å²) in [7, 11) is -3.52. The summed E-state index contributed by atoms with van der Waals surface area (Å²) >= 11 is 1.51. The molecule has 152 valence electrons. The van der Waals surface area contributed by atoms with Crippen LogP contribution in [0.3, 0.4) is 0 Å². The highest BCUT2D eigenvalue weighted by Crippen LogP contribution is 2.32. The van der Waals surface area contributed by atoms with Crippen LogP contribution in [-0.2, 0) is 16.4 Å². The minimum atomic E-state index is -3.52. The molecule has 3 aromatic rings. The van der Waals surface area contributed by atoms with Gasteiger partial charge in [-0.15, -0.1) is 11.3 Å².